The third-order valence-electron chi connectivity index (χ3n) is 6.57. The zero-order chi connectivity index (χ0) is 24.9. The van der Waals surface area contributed by atoms with Crippen LogP contribution >= 0.6 is 0 Å². The second kappa shape index (κ2) is 10.7. The van der Waals surface area contributed by atoms with Gasteiger partial charge in [0.2, 0.25) is 0 Å². The Labute approximate surface area is 213 Å². The summed E-state index contributed by atoms with van der Waals surface area (Å²) in [4.78, 5) is 15.7. The quantitative estimate of drug-likeness (QED) is 0.271. The van der Waals surface area contributed by atoms with Gasteiger partial charge in [-0.3, -0.25) is 4.79 Å². The van der Waals surface area contributed by atoms with Crippen LogP contribution < -0.4 is 9.47 Å². The van der Waals surface area contributed by atoms with Gasteiger partial charge in [-0.2, -0.15) is 0 Å². The third-order valence-corrected chi connectivity index (χ3v) is 6.57. The van der Waals surface area contributed by atoms with Crippen molar-refractivity contribution in [2.24, 2.45) is 0 Å². The van der Waals surface area contributed by atoms with Gasteiger partial charge in [0.05, 0.1) is 5.56 Å². The first kappa shape index (κ1) is 23.7. The highest BCUT2D eigenvalue weighted by Crippen LogP contribution is 2.36. The molecule has 4 heteroatoms. The van der Waals surface area contributed by atoms with E-state index in [2.05, 4.69) is 26.0 Å². The number of carbonyl (C=O) groups is 1. The summed E-state index contributed by atoms with van der Waals surface area (Å²) in [7, 11) is 0. The largest absolute Gasteiger partial charge is 0.488 e. The molecule has 0 saturated carbocycles. The maximum absolute atomic E-state index is 13.8. The molecule has 0 aliphatic carbocycles. The molecular weight excluding hydrogens is 446 g/mol. The van der Waals surface area contributed by atoms with E-state index in [9.17, 15) is 4.79 Å². The fourth-order valence-electron chi connectivity index (χ4n) is 4.56. The number of hydrogen-bond donors (Lipinski definition) is 0. The molecule has 0 fully saturated rings. The van der Waals surface area contributed by atoms with Crippen LogP contribution in [0.1, 0.15) is 57.9 Å². The Bertz CT molecular complexity index is 1310. The molecule has 1 amide bonds. The van der Waals surface area contributed by atoms with E-state index in [0.29, 0.717) is 37.6 Å². The Hall–Kier alpha value is -4.05. The van der Waals surface area contributed by atoms with Crippen molar-refractivity contribution in [3.05, 3.63) is 130 Å². The van der Waals surface area contributed by atoms with E-state index < -0.39 is 0 Å². The Morgan fingerprint density at radius 3 is 1.75 bits per heavy atom. The zero-order valence-electron chi connectivity index (χ0n) is 20.8. The Balaban J connectivity index is 1.47. The number of rotatable bonds is 8. The number of ether oxygens (including phenoxy) is 2. The van der Waals surface area contributed by atoms with Gasteiger partial charge >= 0.3 is 0 Å². The Morgan fingerprint density at radius 1 is 0.722 bits per heavy atom. The van der Waals surface area contributed by atoms with E-state index in [1.165, 1.54) is 11.1 Å². The highest BCUT2D eigenvalue weighted by molar-refractivity contribution is 5.98. The second-order valence-corrected chi connectivity index (χ2v) is 9.52. The van der Waals surface area contributed by atoms with Crippen LogP contribution in [0, 0.1) is 0 Å². The molecule has 0 N–H and O–H groups in total. The van der Waals surface area contributed by atoms with Crippen molar-refractivity contribution >= 4 is 5.91 Å². The molecule has 0 aromatic heterocycles. The summed E-state index contributed by atoms with van der Waals surface area (Å²) in [5.74, 6) is 1.46. The number of benzene rings is 4. The van der Waals surface area contributed by atoms with E-state index in [0.717, 1.165) is 22.4 Å². The van der Waals surface area contributed by atoms with Crippen LogP contribution in [0.3, 0.4) is 0 Å². The molecule has 0 radical (unpaired) electrons. The number of carbonyl (C=O) groups excluding carboxylic acids is 1. The van der Waals surface area contributed by atoms with Gasteiger partial charge in [-0.05, 0) is 39.8 Å². The number of nitrogens with zero attached hydrogens (tertiary/aromatic N) is 1. The molecule has 4 aromatic carbocycles. The average Bonchev–Trinajstić information content (AvgIpc) is 3.36. The van der Waals surface area contributed by atoms with Crippen molar-refractivity contribution in [2.75, 3.05) is 0 Å². The summed E-state index contributed by atoms with van der Waals surface area (Å²) >= 11 is 0. The van der Waals surface area contributed by atoms with Crippen molar-refractivity contribution in [1.82, 2.24) is 4.90 Å². The maximum Gasteiger partial charge on any atom is 0.258 e. The fraction of sp³-hybridized carbons (Fsp3) is 0.219. The van der Waals surface area contributed by atoms with Gasteiger partial charge in [-0.15, -0.1) is 0 Å². The van der Waals surface area contributed by atoms with Crippen LogP contribution in [0.2, 0.25) is 0 Å². The highest BCUT2D eigenvalue weighted by Gasteiger charge is 2.28. The number of hydrogen-bond acceptors (Lipinski definition) is 3. The van der Waals surface area contributed by atoms with Gasteiger partial charge in [-0.25, -0.2) is 0 Å². The van der Waals surface area contributed by atoms with Gasteiger partial charge in [-0.1, -0.05) is 98.8 Å². The van der Waals surface area contributed by atoms with E-state index in [-0.39, 0.29) is 11.8 Å². The van der Waals surface area contributed by atoms with Crippen molar-refractivity contribution in [2.45, 2.75) is 46.1 Å². The second-order valence-electron chi connectivity index (χ2n) is 9.52. The SMILES string of the molecule is CC(C)c1cc(C(=O)N2Cc3ccccc3C2)c(OCc2ccccc2)cc1OCc1ccccc1. The lowest BCUT2D eigenvalue weighted by Gasteiger charge is -2.22. The molecule has 5 rings (SSSR count). The predicted octanol–water partition coefficient (Wildman–Crippen LogP) is 7.12. The lowest BCUT2D eigenvalue weighted by atomic mass is 9.98. The highest BCUT2D eigenvalue weighted by atomic mass is 16.5. The molecule has 1 aliphatic rings. The van der Waals surface area contributed by atoms with E-state index >= 15 is 0 Å². The molecule has 4 aromatic rings. The van der Waals surface area contributed by atoms with Gasteiger partial charge in [0, 0.05) is 19.2 Å². The van der Waals surface area contributed by atoms with Gasteiger partial charge in [0.25, 0.3) is 5.91 Å². The van der Waals surface area contributed by atoms with Crippen molar-refractivity contribution in [3.63, 3.8) is 0 Å². The van der Waals surface area contributed by atoms with Crippen LogP contribution in [0.15, 0.2) is 97.1 Å². The molecule has 0 spiro atoms. The number of amides is 1. The van der Waals surface area contributed by atoms with Crippen LogP contribution in [0.5, 0.6) is 11.5 Å². The smallest absolute Gasteiger partial charge is 0.258 e. The van der Waals surface area contributed by atoms with Crippen LogP contribution in [-0.4, -0.2) is 10.8 Å². The topological polar surface area (TPSA) is 38.8 Å². The van der Waals surface area contributed by atoms with Gasteiger partial charge < -0.3 is 14.4 Å². The normalized spacial score (nSPS) is 12.5. The molecule has 1 aliphatic heterocycles. The van der Waals surface area contributed by atoms with Crippen molar-refractivity contribution in [1.29, 1.82) is 0 Å². The molecule has 0 unspecified atom stereocenters. The fourth-order valence-corrected chi connectivity index (χ4v) is 4.56. The number of fused-ring (bicyclic) bond motifs is 1. The average molecular weight is 478 g/mol. The molecule has 1 heterocycles. The maximum atomic E-state index is 13.8. The minimum atomic E-state index is -0.0224. The first-order chi connectivity index (χ1) is 17.6. The summed E-state index contributed by atoms with van der Waals surface area (Å²) in [5, 5.41) is 0. The minimum Gasteiger partial charge on any atom is -0.488 e. The Morgan fingerprint density at radius 2 is 1.22 bits per heavy atom. The summed E-state index contributed by atoms with van der Waals surface area (Å²) in [6, 6.07) is 32.2. The zero-order valence-corrected chi connectivity index (χ0v) is 20.8. The van der Waals surface area contributed by atoms with E-state index in [1.807, 2.05) is 89.8 Å². The van der Waals surface area contributed by atoms with Gasteiger partial charge in [0.15, 0.2) is 0 Å². The molecular formula is C32H31NO3. The molecule has 0 atom stereocenters. The lowest BCUT2D eigenvalue weighted by Crippen LogP contribution is -2.26. The minimum absolute atomic E-state index is 0.0224. The molecule has 36 heavy (non-hydrogen) atoms. The predicted molar refractivity (Wildman–Crippen MR) is 142 cm³/mol. The summed E-state index contributed by atoms with van der Waals surface area (Å²) in [6.45, 7) is 6.28. The van der Waals surface area contributed by atoms with Crippen molar-refractivity contribution < 1.29 is 14.3 Å². The summed E-state index contributed by atoms with van der Waals surface area (Å²) in [6.07, 6.45) is 0. The van der Waals surface area contributed by atoms with Crippen molar-refractivity contribution in [3.8, 4) is 11.5 Å². The molecule has 182 valence electrons. The van der Waals surface area contributed by atoms with Crippen LogP contribution in [0.4, 0.5) is 0 Å². The van der Waals surface area contributed by atoms with E-state index in [1.54, 1.807) is 0 Å². The molecule has 4 nitrogen and oxygen atoms in total. The van der Waals surface area contributed by atoms with Crippen LogP contribution in [0.25, 0.3) is 0 Å². The third kappa shape index (κ3) is 5.28. The standard InChI is InChI=1S/C32H31NO3/c1-23(2)28-17-29(32(34)33-19-26-15-9-10-16-27(26)20-33)31(36-22-25-13-7-4-8-14-25)18-30(28)35-21-24-11-5-3-6-12-24/h3-18,23H,19-22H2,1-2H3. The van der Waals surface area contributed by atoms with E-state index in [4.69, 9.17) is 9.47 Å². The van der Waals surface area contributed by atoms with Gasteiger partial charge in [0.1, 0.15) is 24.7 Å². The summed E-state index contributed by atoms with van der Waals surface area (Å²) in [5.41, 5.74) is 6.11. The summed E-state index contributed by atoms with van der Waals surface area (Å²) < 4.78 is 12.6. The van der Waals surface area contributed by atoms with Crippen LogP contribution in [-0.2, 0) is 26.3 Å². The lowest BCUT2D eigenvalue weighted by molar-refractivity contribution is 0.0746. The molecule has 0 bridgehead atoms. The first-order valence-electron chi connectivity index (χ1n) is 12.5. The monoisotopic (exact) mass is 477 g/mol. The molecule has 0 saturated heterocycles. The first-order valence-corrected chi connectivity index (χ1v) is 12.5. The Kier molecular flexibility index (Phi) is 7.03.